The van der Waals surface area contributed by atoms with Crippen LogP contribution in [0.1, 0.15) is 44.5 Å². The lowest BCUT2D eigenvalue weighted by atomic mass is 9.67. The summed E-state index contributed by atoms with van der Waals surface area (Å²) in [6.07, 6.45) is 0. The fraction of sp³-hybridized carbons (Fsp3) is 0.0294. The fourth-order valence-corrected chi connectivity index (χ4v) is 16.8. The Morgan fingerprint density at radius 2 is 0.667 bits per heavy atom. The van der Waals surface area contributed by atoms with E-state index in [0.717, 1.165) is 17.1 Å². The molecule has 0 amide bonds. The van der Waals surface area contributed by atoms with E-state index in [2.05, 4.69) is 254 Å². The molecule has 2 aliphatic heterocycles. The number of rotatable bonds is 4. The van der Waals surface area contributed by atoms with Gasteiger partial charge in [-0.2, -0.15) is 0 Å². The van der Waals surface area contributed by atoms with E-state index in [-0.39, 0.29) is 0 Å². The summed E-state index contributed by atoms with van der Waals surface area (Å²) < 4.78 is 2.65. The highest BCUT2D eigenvalue weighted by molar-refractivity contribution is 7.99. The van der Waals surface area contributed by atoms with Crippen LogP contribution in [0, 0.1) is 0 Å². The largest absolute Gasteiger partial charge is 0.310 e. The Labute approximate surface area is 431 Å². The maximum absolute atomic E-state index is 2.50. The summed E-state index contributed by atoms with van der Waals surface area (Å²) in [6, 6.07) is 94.1. The van der Waals surface area contributed by atoms with Gasteiger partial charge in [-0.25, -0.2) is 0 Å². The van der Waals surface area contributed by atoms with E-state index in [1.807, 2.05) is 34.9 Å². The second-order valence-electron chi connectivity index (χ2n) is 19.4. The maximum Gasteiger partial charge on any atom is 0.0735 e. The van der Waals surface area contributed by atoms with Crippen LogP contribution < -0.4 is 4.90 Å². The molecule has 16 rings (SSSR count). The van der Waals surface area contributed by atoms with Gasteiger partial charge in [-0.1, -0.05) is 206 Å². The van der Waals surface area contributed by atoms with Crippen molar-refractivity contribution in [2.24, 2.45) is 0 Å². The molecule has 1 nitrogen and oxygen atoms in total. The molecule has 11 aromatic carbocycles. The molecule has 2 aliphatic carbocycles. The van der Waals surface area contributed by atoms with Gasteiger partial charge in [0.05, 0.1) is 10.8 Å². The van der Waals surface area contributed by atoms with Crippen LogP contribution in [0.5, 0.6) is 0 Å². The number of fused-ring (bicyclic) bond motifs is 21. The molecular weight excluding hydrogens is 927 g/mol. The topological polar surface area (TPSA) is 3.24 Å². The molecule has 0 N–H and O–H groups in total. The van der Waals surface area contributed by atoms with E-state index in [4.69, 9.17) is 0 Å². The van der Waals surface area contributed by atoms with Crippen molar-refractivity contribution in [1.29, 1.82) is 0 Å². The third kappa shape index (κ3) is 5.41. The van der Waals surface area contributed by atoms with Crippen molar-refractivity contribution in [2.45, 2.75) is 30.4 Å². The third-order valence-electron chi connectivity index (χ3n) is 16.0. The SMILES string of the molecule is c1ccc2c(c1)Sc1ccccc1C21c2ccccc2-c2cc(N(c3ccc(-c4cccc5c4sc4ccccc45)cc3)c3ccc4c(c3)-c3ccccc3C43c4ccccc4Sc4ccccc43)ccc21. The van der Waals surface area contributed by atoms with Crippen molar-refractivity contribution in [3.8, 4) is 33.4 Å². The highest BCUT2D eigenvalue weighted by Gasteiger charge is 2.52. The summed E-state index contributed by atoms with van der Waals surface area (Å²) >= 11 is 5.67. The Hall–Kier alpha value is -7.86. The Bertz CT molecular complexity index is 3970. The van der Waals surface area contributed by atoms with Crippen molar-refractivity contribution >= 4 is 72.1 Å². The van der Waals surface area contributed by atoms with Crippen molar-refractivity contribution in [2.75, 3.05) is 4.90 Å². The first-order valence-corrected chi connectivity index (χ1v) is 27.2. The standard InChI is InChI=1S/C68H41NS3/c1-4-21-53-47(16-1)51-40-44(36-38-55(51)67(53)57-23-6-11-28-62(57)70-63-29-12-7-24-58(63)67)69(43-34-32-42(33-35-43)46-19-15-20-50-49-18-3-10-27-61(49)72-66(46)50)45-37-39-56-52(41-45)48-17-2-5-22-54(48)68(56)59-25-8-13-30-64(59)71-65-31-14-9-26-60(65)68/h1-41H. The van der Waals surface area contributed by atoms with Crippen LogP contribution in [-0.4, -0.2) is 0 Å². The molecule has 0 fully saturated rings. The van der Waals surface area contributed by atoms with E-state index in [9.17, 15) is 0 Å². The van der Waals surface area contributed by atoms with E-state index < -0.39 is 10.8 Å². The molecule has 0 saturated carbocycles. The molecule has 1 aromatic heterocycles. The first kappa shape index (κ1) is 40.8. The second kappa shape index (κ2) is 15.3. The van der Waals surface area contributed by atoms with E-state index >= 15 is 0 Å². The summed E-state index contributed by atoms with van der Waals surface area (Å²) in [5, 5.41) is 2.63. The van der Waals surface area contributed by atoms with Crippen molar-refractivity contribution in [3.05, 3.63) is 293 Å². The van der Waals surface area contributed by atoms with Gasteiger partial charge in [0.25, 0.3) is 0 Å². The number of anilines is 3. The maximum atomic E-state index is 2.50. The predicted octanol–water partition coefficient (Wildman–Crippen LogP) is 18.8. The summed E-state index contributed by atoms with van der Waals surface area (Å²) in [4.78, 5) is 7.76. The molecule has 4 aliphatic rings. The fourth-order valence-electron chi connectivity index (χ4n) is 13.2. The molecule has 0 radical (unpaired) electrons. The Morgan fingerprint density at radius 3 is 1.18 bits per heavy atom. The lowest BCUT2D eigenvalue weighted by Gasteiger charge is -2.40. The number of nitrogens with zero attached hydrogens (tertiary/aromatic N) is 1. The number of hydrogen-bond donors (Lipinski definition) is 0. The molecule has 72 heavy (non-hydrogen) atoms. The molecular formula is C68H41NS3. The Morgan fingerprint density at radius 1 is 0.278 bits per heavy atom. The van der Waals surface area contributed by atoms with Crippen molar-refractivity contribution in [3.63, 3.8) is 0 Å². The monoisotopic (exact) mass is 967 g/mol. The van der Waals surface area contributed by atoms with Gasteiger partial charge in [-0.15, -0.1) is 11.3 Å². The number of thiophene rings is 1. The minimum Gasteiger partial charge on any atom is -0.310 e. The van der Waals surface area contributed by atoms with Gasteiger partial charge in [0, 0.05) is 56.8 Å². The third-order valence-corrected chi connectivity index (χ3v) is 19.5. The normalized spacial score (nSPS) is 14.5. The van der Waals surface area contributed by atoms with Crippen LogP contribution in [0.15, 0.2) is 268 Å². The summed E-state index contributed by atoms with van der Waals surface area (Å²) in [6.45, 7) is 0. The van der Waals surface area contributed by atoms with Gasteiger partial charge >= 0.3 is 0 Å². The van der Waals surface area contributed by atoms with E-state index in [0.29, 0.717) is 0 Å². The zero-order valence-corrected chi connectivity index (χ0v) is 41.3. The first-order valence-electron chi connectivity index (χ1n) is 24.7. The van der Waals surface area contributed by atoms with E-state index in [1.165, 1.54) is 118 Å². The first-order chi connectivity index (χ1) is 35.7. The average molecular weight is 968 g/mol. The van der Waals surface area contributed by atoms with Crippen LogP contribution in [0.2, 0.25) is 0 Å². The van der Waals surface area contributed by atoms with Gasteiger partial charge in [0.15, 0.2) is 0 Å². The molecule has 336 valence electrons. The molecule has 0 bridgehead atoms. The molecule has 4 heteroatoms. The molecule has 3 heterocycles. The Balaban J connectivity index is 0.924. The van der Waals surface area contributed by atoms with Gasteiger partial charge in [0.2, 0.25) is 0 Å². The van der Waals surface area contributed by atoms with Crippen LogP contribution >= 0.6 is 34.9 Å². The van der Waals surface area contributed by atoms with Crippen LogP contribution in [-0.2, 0) is 10.8 Å². The quantitative estimate of drug-likeness (QED) is 0.173. The molecule has 0 saturated heterocycles. The average Bonchev–Trinajstić information content (AvgIpc) is 4.06. The van der Waals surface area contributed by atoms with Crippen LogP contribution in [0.4, 0.5) is 17.1 Å². The molecule has 12 aromatic rings. The van der Waals surface area contributed by atoms with Gasteiger partial charge in [-0.3, -0.25) is 0 Å². The Kier molecular flexibility index (Phi) is 8.69. The van der Waals surface area contributed by atoms with Crippen LogP contribution in [0.3, 0.4) is 0 Å². The zero-order valence-electron chi connectivity index (χ0n) is 38.8. The highest BCUT2D eigenvalue weighted by atomic mass is 32.2. The molecule has 2 spiro atoms. The number of benzene rings is 11. The van der Waals surface area contributed by atoms with Gasteiger partial charge in [0.1, 0.15) is 0 Å². The van der Waals surface area contributed by atoms with Gasteiger partial charge in [-0.05, 0) is 145 Å². The minimum absolute atomic E-state index is 0.445. The van der Waals surface area contributed by atoms with Crippen molar-refractivity contribution < 1.29 is 0 Å². The zero-order chi connectivity index (χ0) is 47.1. The lowest BCUT2D eigenvalue weighted by Crippen LogP contribution is -2.32. The molecule has 0 atom stereocenters. The van der Waals surface area contributed by atoms with Crippen molar-refractivity contribution in [1.82, 2.24) is 0 Å². The predicted molar refractivity (Wildman–Crippen MR) is 302 cm³/mol. The van der Waals surface area contributed by atoms with E-state index in [1.54, 1.807) is 0 Å². The second-order valence-corrected chi connectivity index (χ2v) is 22.6. The highest BCUT2D eigenvalue weighted by Crippen LogP contribution is 2.65. The summed E-state index contributed by atoms with van der Waals surface area (Å²) in [7, 11) is 0. The van der Waals surface area contributed by atoms with Gasteiger partial charge < -0.3 is 4.90 Å². The smallest absolute Gasteiger partial charge is 0.0735 e. The van der Waals surface area contributed by atoms with Crippen LogP contribution in [0.25, 0.3) is 53.6 Å². The number of hydrogen-bond acceptors (Lipinski definition) is 4. The minimum atomic E-state index is -0.445. The molecule has 0 unspecified atom stereocenters. The summed E-state index contributed by atoms with van der Waals surface area (Å²) in [5.74, 6) is 0. The lowest BCUT2D eigenvalue weighted by molar-refractivity contribution is 0.722. The summed E-state index contributed by atoms with van der Waals surface area (Å²) in [5.41, 5.74) is 20.8.